The molecule has 0 aliphatic carbocycles. The first-order chi connectivity index (χ1) is 14.8. The quantitative estimate of drug-likeness (QED) is 0.570. The van der Waals surface area contributed by atoms with Crippen LogP contribution in [0, 0.1) is 13.8 Å². The van der Waals surface area contributed by atoms with E-state index in [1.807, 2.05) is 50.5 Å². The van der Waals surface area contributed by atoms with Gasteiger partial charge in [0.15, 0.2) is 11.4 Å². The van der Waals surface area contributed by atoms with E-state index in [0.29, 0.717) is 11.4 Å². The molecule has 0 spiro atoms. The maximum Gasteiger partial charge on any atom is 0.338 e. The van der Waals surface area contributed by atoms with Gasteiger partial charge in [-0.1, -0.05) is 18.2 Å². The lowest BCUT2D eigenvalue weighted by molar-refractivity contribution is -0.149. The molecule has 4 unspecified atom stereocenters. The van der Waals surface area contributed by atoms with Crippen LogP contribution < -0.4 is 0 Å². The smallest absolute Gasteiger partial charge is 0.338 e. The van der Waals surface area contributed by atoms with Gasteiger partial charge in [-0.05, 0) is 39.8 Å². The van der Waals surface area contributed by atoms with Crippen LogP contribution in [0.4, 0.5) is 0 Å². The summed E-state index contributed by atoms with van der Waals surface area (Å²) in [5.41, 5.74) is 2.93. The molecule has 4 heterocycles. The van der Waals surface area contributed by atoms with Crippen molar-refractivity contribution in [3.63, 3.8) is 0 Å². The molecule has 8 nitrogen and oxygen atoms in total. The summed E-state index contributed by atoms with van der Waals surface area (Å²) in [6.07, 6.45) is 1.36. The highest BCUT2D eigenvalue weighted by atomic mass is 32.2. The molecule has 5 rings (SSSR count). The van der Waals surface area contributed by atoms with Crippen molar-refractivity contribution < 1.29 is 19.0 Å². The standard InChI is InChI=1S/C22H24N4O4S/c1-12-16-19(25-13(2)24-12)26(11-23-16)20-18-17(29-22(3,4)30-18)15(31-20)10-28-21(27)14-8-6-5-7-9-14/h5-9,11,15,17-18,20H,10H2,1-4H3. The predicted molar refractivity (Wildman–Crippen MR) is 116 cm³/mol. The zero-order chi connectivity index (χ0) is 21.8. The molecule has 0 amide bonds. The summed E-state index contributed by atoms with van der Waals surface area (Å²) in [5.74, 6) is -0.358. The van der Waals surface area contributed by atoms with E-state index < -0.39 is 5.79 Å². The number of fused-ring (bicyclic) bond motifs is 2. The van der Waals surface area contributed by atoms with E-state index in [-0.39, 0.29) is 35.4 Å². The molecular weight excluding hydrogens is 416 g/mol. The van der Waals surface area contributed by atoms with Crippen LogP contribution >= 0.6 is 11.8 Å². The summed E-state index contributed by atoms with van der Waals surface area (Å²) in [6, 6.07) is 9.00. The zero-order valence-corrected chi connectivity index (χ0v) is 18.6. The third-order valence-corrected chi connectivity index (χ3v) is 7.02. The third-order valence-electron chi connectivity index (χ3n) is 5.50. The first-order valence-electron chi connectivity index (χ1n) is 10.2. The summed E-state index contributed by atoms with van der Waals surface area (Å²) < 4.78 is 20.1. The number of benzene rings is 1. The number of ether oxygens (including phenoxy) is 3. The van der Waals surface area contributed by atoms with E-state index in [0.717, 1.165) is 16.9 Å². The van der Waals surface area contributed by atoms with Crippen molar-refractivity contribution in [2.75, 3.05) is 6.61 Å². The minimum atomic E-state index is -0.715. The van der Waals surface area contributed by atoms with Crippen molar-refractivity contribution in [1.82, 2.24) is 19.5 Å². The van der Waals surface area contributed by atoms with Gasteiger partial charge in [0, 0.05) is 0 Å². The van der Waals surface area contributed by atoms with Gasteiger partial charge in [0.2, 0.25) is 0 Å². The Balaban J connectivity index is 1.42. The van der Waals surface area contributed by atoms with Crippen LogP contribution in [-0.2, 0) is 14.2 Å². The summed E-state index contributed by atoms with van der Waals surface area (Å²) in [7, 11) is 0. The number of nitrogens with zero attached hydrogens (tertiary/aromatic N) is 4. The molecule has 2 aliphatic heterocycles. The van der Waals surface area contributed by atoms with Gasteiger partial charge in [-0.3, -0.25) is 4.57 Å². The number of aryl methyl sites for hydroxylation is 2. The number of hydrogen-bond acceptors (Lipinski definition) is 8. The van der Waals surface area contributed by atoms with Crippen LogP contribution in [0.3, 0.4) is 0 Å². The van der Waals surface area contributed by atoms with Crippen molar-refractivity contribution in [2.24, 2.45) is 0 Å². The Morgan fingerprint density at radius 3 is 2.68 bits per heavy atom. The Morgan fingerprint density at radius 1 is 1.16 bits per heavy atom. The highest BCUT2D eigenvalue weighted by Gasteiger charge is 2.56. The summed E-state index contributed by atoms with van der Waals surface area (Å²) in [4.78, 5) is 26.0. The topological polar surface area (TPSA) is 88.4 Å². The third kappa shape index (κ3) is 3.71. The van der Waals surface area contributed by atoms with E-state index >= 15 is 0 Å². The summed E-state index contributed by atoms with van der Waals surface area (Å²) in [5, 5.41) is -0.183. The lowest BCUT2D eigenvalue weighted by Gasteiger charge is -2.24. The molecule has 2 fully saturated rings. The van der Waals surface area contributed by atoms with Gasteiger partial charge in [-0.15, -0.1) is 11.8 Å². The average molecular weight is 441 g/mol. The molecule has 1 aromatic carbocycles. The SMILES string of the molecule is Cc1nc(C)c2ncn(C3SC(COC(=O)c4ccccc4)C4OC(C)(C)OC43)c2n1. The zero-order valence-electron chi connectivity index (χ0n) is 17.8. The normalized spacial score (nSPS) is 26.8. The molecule has 2 aliphatic rings. The highest BCUT2D eigenvalue weighted by Crippen LogP contribution is 2.51. The molecule has 31 heavy (non-hydrogen) atoms. The number of hydrogen-bond donors (Lipinski definition) is 0. The maximum atomic E-state index is 12.4. The Morgan fingerprint density at radius 2 is 1.90 bits per heavy atom. The van der Waals surface area contributed by atoms with E-state index in [1.54, 1.807) is 30.2 Å². The van der Waals surface area contributed by atoms with Gasteiger partial charge in [0.1, 0.15) is 35.5 Å². The van der Waals surface area contributed by atoms with E-state index in [2.05, 4.69) is 15.0 Å². The van der Waals surface area contributed by atoms with Crippen molar-refractivity contribution in [3.8, 4) is 0 Å². The molecule has 0 bridgehead atoms. The fourth-order valence-electron chi connectivity index (χ4n) is 4.21. The van der Waals surface area contributed by atoms with Gasteiger partial charge < -0.3 is 14.2 Å². The molecule has 162 valence electrons. The van der Waals surface area contributed by atoms with Gasteiger partial charge in [0.05, 0.1) is 22.8 Å². The van der Waals surface area contributed by atoms with Crippen molar-refractivity contribution in [3.05, 3.63) is 53.7 Å². The second-order valence-corrected chi connectivity index (χ2v) is 9.64. The van der Waals surface area contributed by atoms with E-state index in [4.69, 9.17) is 14.2 Å². The van der Waals surface area contributed by atoms with Gasteiger partial charge in [-0.25, -0.2) is 19.7 Å². The van der Waals surface area contributed by atoms with Crippen LogP contribution in [0.25, 0.3) is 11.2 Å². The minimum absolute atomic E-state index is 0.0779. The maximum absolute atomic E-state index is 12.4. The number of aromatic nitrogens is 4. The van der Waals surface area contributed by atoms with Crippen molar-refractivity contribution >= 4 is 28.9 Å². The van der Waals surface area contributed by atoms with Crippen molar-refractivity contribution in [1.29, 1.82) is 0 Å². The van der Waals surface area contributed by atoms with Gasteiger partial charge >= 0.3 is 5.97 Å². The number of carbonyl (C=O) groups is 1. The number of imidazole rings is 1. The van der Waals surface area contributed by atoms with Crippen LogP contribution in [0.2, 0.25) is 0 Å². The monoisotopic (exact) mass is 440 g/mol. The van der Waals surface area contributed by atoms with Crippen LogP contribution in [-0.4, -0.2) is 55.3 Å². The van der Waals surface area contributed by atoms with Crippen molar-refractivity contribution in [2.45, 2.75) is 56.3 Å². The summed E-state index contributed by atoms with van der Waals surface area (Å²) in [6.45, 7) is 7.85. The molecule has 3 aromatic rings. The minimum Gasteiger partial charge on any atom is -0.461 e. The number of carbonyl (C=O) groups excluding carboxylic acids is 1. The lowest BCUT2D eigenvalue weighted by atomic mass is 10.1. The second kappa shape index (κ2) is 7.58. The Labute approximate surface area is 184 Å². The second-order valence-electron chi connectivity index (χ2n) is 8.27. The first-order valence-corrected chi connectivity index (χ1v) is 11.2. The predicted octanol–water partition coefficient (Wildman–Crippen LogP) is 3.43. The molecule has 4 atom stereocenters. The van der Waals surface area contributed by atoms with E-state index in [1.165, 1.54) is 0 Å². The molecule has 0 radical (unpaired) electrons. The highest BCUT2D eigenvalue weighted by molar-refractivity contribution is 8.00. The summed E-state index contributed by atoms with van der Waals surface area (Å²) >= 11 is 1.66. The van der Waals surface area contributed by atoms with Gasteiger partial charge in [-0.2, -0.15) is 0 Å². The van der Waals surface area contributed by atoms with Crippen LogP contribution in [0.15, 0.2) is 36.7 Å². The Bertz CT molecular complexity index is 1130. The number of rotatable bonds is 4. The molecule has 0 N–H and O–H groups in total. The largest absolute Gasteiger partial charge is 0.461 e. The molecular formula is C22H24N4O4S. The van der Waals surface area contributed by atoms with E-state index in [9.17, 15) is 4.79 Å². The first kappa shape index (κ1) is 20.4. The Hall–Kier alpha value is -2.49. The molecule has 9 heteroatoms. The lowest BCUT2D eigenvalue weighted by Crippen LogP contribution is -2.32. The Kier molecular flexibility index (Phi) is 4.99. The average Bonchev–Trinajstić information content (AvgIpc) is 3.38. The molecule has 2 aromatic heterocycles. The van der Waals surface area contributed by atoms with Gasteiger partial charge in [0.25, 0.3) is 0 Å². The van der Waals surface area contributed by atoms with Crippen LogP contribution in [0.5, 0.6) is 0 Å². The van der Waals surface area contributed by atoms with Crippen LogP contribution in [0.1, 0.15) is 41.1 Å². The number of thioether (sulfide) groups is 1. The fraction of sp³-hybridized carbons (Fsp3) is 0.455. The fourth-order valence-corrected chi connectivity index (χ4v) is 5.73. The molecule has 0 saturated carbocycles. The molecule has 2 saturated heterocycles. The number of esters is 1.